The van der Waals surface area contributed by atoms with Crippen LogP contribution in [0.25, 0.3) is 10.9 Å². The minimum atomic E-state index is -0.714. The Morgan fingerprint density at radius 1 is 0.926 bits per heavy atom. The van der Waals surface area contributed by atoms with Crippen LogP contribution in [0.3, 0.4) is 0 Å². The van der Waals surface area contributed by atoms with E-state index in [0.717, 1.165) is 22.5 Å². The molecular weight excluding hydrogens is 351 g/mol. The van der Waals surface area contributed by atoms with Gasteiger partial charge < -0.3 is 10.3 Å². The number of H-pyrrole nitrogens is 1. The van der Waals surface area contributed by atoms with Crippen molar-refractivity contribution in [1.29, 1.82) is 0 Å². The van der Waals surface area contributed by atoms with Gasteiger partial charge in [-0.3, -0.25) is 25.2 Å². The van der Waals surface area contributed by atoms with Crippen molar-refractivity contribution in [3.63, 3.8) is 0 Å². The number of carbonyl (C=O) groups excluding carboxylic acids is 3. The average Bonchev–Trinajstić information content (AvgIpc) is 3.08. The Kier molecular flexibility index (Phi) is 5.46. The van der Waals surface area contributed by atoms with E-state index >= 15 is 0 Å². The summed E-state index contributed by atoms with van der Waals surface area (Å²) in [5.74, 6) is -2.43. The number of hydrogen-bond donors (Lipinski definition) is 4. The molecule has 0 spiro atoms. The summed E-state index contributed by atoms with van der Waals surface area (Å²) < 4.78 is 13.5. The number of halogens is 1. The van der Waals surface area contributed by atoms with E-state index in [-0.39, 0.29) is 12.0 Å². The lowest BCUT2D eigenvalue weighted by atomic mass is 10.1. The molecule has 1 aromatic heterocycles. The van der Waals surface area contributed by atoms with Crippen molar-refractivity contribution in [3.05, 3.63) is 71.7 Å². The van der Waals surface area contributed by atoms with Gasteiger partial charge in [0.2, 0.25) is 5.91 Å². The SMILES string of the molecule is O=C(CNC(=O)c1ccccc1F)NNC(=O)Cc1c[nH]c2ccccc12. The van der Waals surface area contributed by atoms with Gasteiger partial charge >= 0.3 is 0 Å². The van der Waals surface area contributed by atoms with Crippen LogP contribution in [0.15, 0.2) is 54.7 Å². The summed E-state index contributed by atoms with van der Waals surface area (Å²) >= 11 is 0. The number of rotatable bonds is 5. The van der Waals surface area contributed by atoms with E-state index in [4.69, 9.17) is 0 Å². The van der Waals surface area contributed by atoms with Crippen LogP contribution in [-0.4, -0.2) is 29.3 Å². The van der Waals surface area contributed by atoms with Crippen molar-refractivity contribution in [1.82, 2.24) is 21.2 Å². The van der Waals surface area contributed by atoms with Crippen LogP contribution >= 0.6 is 0 Å². The molecule has 138 valence electrons. The molecule has 0 radical (unpaired) electrons. The molecule has 0 bridgehead atoms. The van der Waals surface area contributed by atoms with Gasteiger partial charge in [0.25, 0.3) is 11.8 Å². The number of amides is 3. The highest BCUT2D eigenvalue weighted by molar-refractivity contribution is 5.97. The minimum Gasteiger partial charge on any atom is -0.361 e. The van der Waals surface area contributed by atoms with Crippen LogP contribution in [-0.2, 0) is 16.0 Å². The first-order valence-electron chi connectivity index (χ1n) is 8.20. The molecule has 0 saturated carbocycles. The molecule has 1 heterocycles. The van der Waals surface area contributed by atoms with Gasteiger partial charge in [-0.2, -0.15) is 0 Å². The number of aromatic amines is 1. The molecule has 3 rings (SSSR count). The third-order valence-electron chi connectivity index (χ3n) is 3.90. The first kappa shape index (κ1) is 18.1. The minimum absolute atomic E-state index is 0.0753. The molecule has 0 unspecified atom stereocenters. The maximum atomic E-state index is 13.5. The molecule has 7 nitrogen and oxygen atoms in total. The van der Waals surface area contributed by atoms with E-state index in [1.54, 1.807) is 6.20 Å². The van der Waals surface area contributed by atoms with Crippen LogP contribution in [0.1, 0.15) is 15.9 Å². The standard InChI is InChI=1S/C19H17FN4O3/c20-15-7-3-1-6-14(15)19(27)22-11-18(26)24-23-17(25)9-12-10-21-16-8-4-2-5-13(12)16/h1-8,10,21H,9,11H2,(H,22,27)(H,23,25)(H,24,26). The Morgan fingerprint density at radius 2 is 1.63 bits per heavy atom. The van der Waals surface area contributed by atoms with Crippen molar-refractivity contribution >= 4 is 28.6 Å². The highest BCUT2D eigenvalue weighted by Gasteiger charge is 2.13. The maximum Gasteiger partial charge on any atom is 0.257 e. The lowest BCUT2D eigenvalue weighted by molar-refractivity contribution is -0.128. The largest absolute Gasteiger partial charge is 0.361 e. The molecular formula is C19H17FN4O3. The smallest absolute Gasteiger partial charge is 0.257 e. The highest BCUT2D eigenvalue weighted by Crippen LogP contribution is 2.17. The highest BCUT2D eigenvalue weighted by atomic mass is 19.1. The van der Waals surface area contributed by atoms with E-state index in [9.17, 15) is 18.8 Å². The summed E-state index contributed by atoms with van der Waals surface area (Å²) in [7, 11) is 0. The average molecular weight is 368 g/mol. The summed E-state index contributed by atoms with van der Waals surface area (Å²) in [6.45, 7) is -0.402. The van der Waals surface area contributed by atoms with Gasteiger partial charge in [-0.15, -0.1) is 0 Å². The zero-order valence-corrected chi connectivity index (χ0v) is 14.2. The molecule has 3 amide bonds. The summed E-state index contributed by atoms with van der Waals surface area (Å²) in [5.41, 5.74) is 6.04. The molecule has 0 aliphatic rings. The number of aromatic nitrogens is 1. The fraction of sp³-hybridized carbons (Fsp3) is 0.105. The van der Waals surface area contributed by atoms with E-state index in [0.29, 0.717) is 0 Å². The van der Waals surface area contributed by atoms with E-state index < -0.39 is 30.1 Å². The zero-order chi connectivity index (χ0) is 19.2. The number of para-hydroxylation sites is 1. The number of fused-ring (bicyclic) bond motifs is 1. The monoisotopic (exact) mass is 368 g/mol. The maximum absolute atomic E-state index is 13.5. The number of hydrazine groups is 1. The number of carbonyl (C=O) groups is 3. The molecule has 0 aliphatic heterocycles. The first-order chi connectivity index (χ1) is 13.0. The quantitative estimate of drug-likeness (QED) is 0.512. The van der Waals surface area contributed by atoms with Crippen LogP contribution in [0.2, 0.25) is 0 Å². The molecule has 4 N–H and O–H groups in total. The van der Waals surface area contributed by atoms with Crippen molar-refractivity contribution in [2.24, 2.45) is 0 Å². The van der Waals surface area contributed by atoms with Gasteiger partial charge in [-0.25, -0.2) is 4.39 Å². The molecule has 0 aliphatic carbocycles. The molecule has 8 heteroatoms. The number of benzene rings is 2. The first-order valence-corrected chi connectivity index (χ1v) is 8.20. The zero-order valence-electron chi connectivity index (χ0n) is 14.2. The lowest BCUT2D eigenvalue weighted by Crippen LogP contribution is -2.46. The Labute approximate surface area is 153 Å². The second-order valence-corrected chi connectivity index (χ2v) is 5.80. The van der Waals surface area contributed by atoms with Crippen molar-refractivity contribution in [2.45, 2.75) is 6.42 Å². The molecule has 0 atom stereocenters. The van der Waals surface area contributed by atoms with Crippen LogP contribution in [0.5, 0.6) is 0 Å². The summed E-state index contributed by atoms with van der Waals surface area (Å²) in [5, 5.41) is 3.21. The fourth-order valence-corrected chi connectivity index (χ4v) is 2.58. The second kappa shape index (κ2) is 8.13. The van der Waals surface area contributed by atoms with Gasteiger partial charge in [0, 0.05) is 17.1 Å². The Balaban J connectivity index is 1.45. The number of hydrogen-bond acceptors (Lipinski definition) is 3. The Bertz CT molecular complexity index is 999. The van der Waals surface area contributed by atoms with Crippen molar-refractivity contribution < 1.29 is 18.8 Å². The predicted molar refractivity (Wildman–Crippen MR) is 97.0 cm³/mol. The van der Waals surface area contributed by atoms with E-state index in [1.807, 2.05) is 24.3 Å². The van der Waals surface area contributed by atoms with Crippen LogP contribution < -0.4 is 16.2 Å². The predicted octanol–water partition coefficient (Wildman–Crippen LogP) is 1.43. The van der Waals surface area contributed by atoms with E-state index in [1.165, 1.54) is 18.2 Å². The second-order valence-electron chi connectivity index (χ2n) is 5.80. The summed E-state index contributed by atoms with van der Waals surface area (Å²) in [4.78, 5) is 38.6. The van der Waals surface area contributed by atoms with Crippen molar-refractivity contribution in [2.75, 3.05) is 6.54 Å². The summed E-state index contributed by atoms with van der Waals surface area (Å²) in [6.07, 6.45) is 1.81. The third-order valence-corrected chi connectivity index (χ3v) is 3.90. The normalized spacial score (nSPS) is 10.4. The van der Waals surface area contributed by atoms with E-state index in [2.05, 4.69) is 21.2 Å². The Morgan fingerprint density at radius 3 is 2.44 bits per heavy atom. The topological polar surface area (TPSA) is 103 Å². The molecule has 0 fully saturated rings. The van der Waals surface area contributed by atoms with Gasteiger partial charge in [-0.1, -0.05) is 30.3 Å². The van der Waals surface area contributed by atoms with Gasteiger partial charge in [0.05, 0.1) is 18.5 Å². The van der Waals surface area contributed by atoms with Gasteiger partial charge in [-0.05, 0) is 23.8 Å². The molecule has 27 heavy (non-hydrogen) atoms. The Hall–Kier alpha value is -3.68. The molecule has 0 saturated heterocycles. The molecule has 2 aromatic carbocycles. The third kappa shape index (κ3) is 4.49. The lowest BCUT2D eigenvalue weighted by Gasteiger charge is -2.08. The number of nitrogens with one attached hydrogen (secondary N) is 4. The van der Waals surface area contributed by atoms with Gasteiger partial charge in [0.15, 0.2) is 0 Å². The molecule has 3 aromatic rings. The van der Waals surface area contributed by atoms with Crippen molar-refractivity contribution in [3.8, 4) is 0 Å². The van der Waals surface area contributed by atoms with Gasteiger partial charge in [0.1, 0.15) is 5.82 Å². The fourth-order valence-electron chi connectivity index (χ4n) is 2.58. The van der Waals surface area contributed by atoms with Crippen LogP contribution in [0, 0.1) is 5.82 Å². The summed E-state index contributed by atoms with van der Waals surface area (Å²) in [6, 6.07) is 13.0. The van der Waals surface area contributed by atoms with Crippen LogP contribution in [0.4, 0.5) is 4.39 Å².